The lowest BCUT2D eigenvalue weighted by Gasteiger charge is -2.16. The lowest BCUT2D eigenvalue weighted by atomic mass is 10.4. The van der Waals surface area contributed by atoms with Crippen molar-refractivity contribution >= 4 is 28.8 Å². The molecule has 74 valence electrons. The molecular weight excluding hydrogens is 218 g/mol. The van der Waals surface area contributed by atoms with E-state index in [2.05, 4.69) is 5.92 Å². The van der Waals surface area contributed by atoms with Gasteiger partial charge in [0.1, 0.15) is 0 Å². The third-order valence-electron chi connectivity index (χ3n) is 1.74. The molecule has 0 bridgehead atoms. The third kappa shape index (κ3) is 2.50. The van der Waals surface area contributed by atoms with Gasteiger partial charge in [-0.2, -0.15) is 0 Å². The van der Waals surface area contributed by atoms with Gasteiger partial charge >= 0.3 is 0 Å². The average Bonchev–Trinajstić information content (AvgIpc) is 2.60. The van der Waals surface area contributed by atoms with Gasteiger partial charge in [0, 0.05) is 6.54 Å². The zero-order valence-corrected chi connectivity index (χ0v) is 9.36. The van der Waals surface area contributed by atoms with E-state index < -0.39 is 0 Å². The molecule has 0 saturated carbocycles. The van der Waals surface area contributed by atoms with Crippen molar-refractivity contribution in [1.82, 2.24) is 4.90 Å². The van der Waals surface area contributed by atoms with Crippen LogP contribution in [0.2, 0.25) is 4.34 Å². The van der Waals surface area contributed by atoms with Crippen LogP contribution in [0.25, 0.3) is 0 Å². The van der Waals surface area contributed by atoms with Crippen molar-refractivity contribution in [2.75, 3.05) is 13.1 Å². The Hall–Kier alpha value is -0.980. The molecule has 1 amide bonds. The van der Waals surface area contributed by atoms with Crippen molar-refractivity contribution in [2.45, 2.75) is 6.92 Å². The summed E-state index contributed by atoms with van der Waals surface area (Å²) >= 11 is 7.01. The molecule has 0 unspecified atom stereocenters. The monoisotopic (exact) mass is 227 g/mol. The third-order valence-corrected chi connectivity index (χ3v) is 2.95. The maximum Gasteiger partial charge on any atom is 0.264 e. The number of carbonyl (C=O) groups excluding carboxylic acids is 1. The molecule has 0 radical (unpaired) electrons. The van der Waals surface area contributed by atoms with Gasteiger partial charge in [0.2, 0.25) is 0 Å². The van der Waals surface area contributed by atoms with Crippen LogP contribution in [0.1, 0.15) is 16.6 Å². The van der Waals surface area contributed by atoms with Crippen LogP contribution in [0.15, 0.2) is 12.1 Å². The second-order valence-electron chi connectivity index (χ2n) is 2.63. The summed E-state index contributed by atoms with van der Waals surface area (Å²) in [6.45, 7) is 2.84. The van der Waals surface area contributed by atoms with Crippen LogP contribution in [0.4, 0.5) is 0 Å². The van der Waals surface area contributed by atoms with Crippen LogP contribution in [0.3, 0.4) is 0 Å². The van der Waals surface area contributed by atoms with E-state index >= 15 is 0 Å². The first-order chi connectivity index (χ1) is 6.69. The van der Waals surface area contributed by atoms with Gasteiger partial charge in [-0.3, -0.25) is 4.79 Å². The molecule has 0 aliphatic carbocycles. The summed E-state index contributed by atoms with van der Waals surface area (Å²) in [7, 11) is 0. The Morgan fingerprint density at radius 1 is 1.71 bits per heavy atom. The van der Waals surface area contributed by atoms with Crippen molar-refractivity contribution in [3.63, 3.8) is 0 Å². The average molecular weight is 228 g/mol. The summed E-state index contributed by atoms with van der Waals surface area (Å²) in [5.74, 6) is 2.40. The zero-order chi connectivity index (χ0) is 10.6. The number of carbonyl (C=O) groups is 1. The van der Waals surface area contributed by atoms with Crippen LogP contribution in [-0.4, -0.2) is 23.9 Å². The van der Waals surface area contributed by atoms with E-state index in [0.717, 1.165) is 0 Å². The smallest absolute Gasteiger partial charge is 0.264 e. The van der Waals surface area contributed by atoms with Crippen molar-refractivity contribution < 1.29 is 4.79 Å². The maximum atomic E-state index is 11.8. The minimum atomic E-state index is -0.0534. The van der Waals surface area contributed by atoms with Crippen LogP contribution in [0, 0.1) is 12.3 Å². The molecule has 0 fully saturated rings. The van der Waals surface area contributed by atoms with Gasteiger partial charge in [-0.1, -0.05) is 17.5 Å². The summed E-state index contributed by atoms with van der Waals surface area (Å²) < 4.78 is 0.616. The predicted octanol–water partition coefficient (Wildman–Crippen LogP) is 2.50. The summed E-state index contributed by atoms with van der Waals surface area (Å²) in [5, 5.41) is 0. The van der Waals surface area contributed by atoms with Gasteiger partial charge < -0.3 is 4.90 Å². The number of amides is 1. The van der Waals surface area contributed by atoms with Crippen LogP contribution in [-0.2, 0) is 0 Å². The second kappa shape index (κ2) is 5.04. The van der Waals surface area contributed by atoms with Crippen molar-refractivity contribution in [3.05, 3.63) is 21.3 Å². The Morgan fingerprint density at radius 3 is 2.86 bits per heavy atom. The molecule has 2 nitrogen and oxygen atoms in total. The van der Waals surface area contributed by atoms with Crippen LogP contribution < -0.4 is 0 Å². The summed E-state index contributed by atoms with van der Waals surface area (Å²) in [6.07, 6.45) is 5.16. The first-order valence-corrected chi connectivity index (χ1v) is 5.36. The highest BCUT2D eigenvalue weighted by Gasteiger charge is 2.14. The quantitative estimate of drug-likeness (QED) is 0.727. The van der Waals surface area contributed by atoms with Gasteiger partial charge in [-0.25, -0.2) is 0 Å². The van der Waals surface area contributed by atoms with Crippen LogP contribution in [0.5, 0.6) is 0 Å². The standard InChI is InChI=1S/C10H10ClNOS/c1-3-7-12(4-2)10(13)8-5-6-9(11)14-8/h1,5-6H,4,7H2,2H3. The fraction of sp³-hybridized carbons (Fsp3) is 0.300. The molecule has 0 N–H and O–H groups in total. The Labute approximate surface area is 92.5 Å². The van der Waals surface area contributed by atoms with E-state index in [1.807, 2.05) is 6.92 Å². The fourth-order valence-electron chi connectivity index (χ4n) is 1.02. The van der Waals surface area contributed by atoms with E-state index in [4.69, 9.17) is 18.0 Å². The molecule has 1 heterocycles. The molecule has 4 heteroatoms. The summed E-state index contributed by atoms with van der Waals surface area (Å²) in [4.78, 5) is 14.0. The van der Waals surface area contributed by atoms with Gasteiger partial charge in [-0.15, -0.1) is 17.8 Å². The Bertz CT molecular complexity index is 366. The molecule has 1 rings (SSSR count). The van der Waals surface area contributed by atoms with Crippen molar-refractivity contribution in [2.24, 2.45) is 0 Å². The Balaban J connectivity index is 2.78. The maximum absolute atomic E-state index is 11.8. The van der Waals surface area contributed by atoms with Crippen molar-refractivity contribution in [1.29, 1.82) is 0 Å². The van der Waals surface area contributed by atoms with Gasteiger partial charge in [0.05, 0.1) is 15.8 Å². The SMILES string of the molecule is C#CCN(CC)C(=O)c1ccc(Cl)s1. The molecule has 0 aliphatic rings. The molecule has 0 atom stereocenters. The van der Waals surface area contributed by atoms with E-state index in [1.54, 1.807) is 17.0 Å². The molecular formula is C10H10ClNOS. The number of rotatable bonds is 3. The number of halogens is 1. The first kappa shape index (κ1) is 11.1. The molecule has 1 aromatic heterocycles. The summed E-state index contributed by atoms with van der Waals surface area (Å²) in [5.41, 5.74) is 0. The minimum absolute atomic E-state index is 0.0534. The molecule has 0 aliphatic heterocycles. The lowest BCUT2D eigenvalue weighted by molar-refractivity contribution is 0.0789. The number of terminal acetylenes is 1. The number of hydrogen-bond donors (Lipinski definition) is 0. The molecule has 0 saturated heterocycles. The van der Waals surface area contributed by atoms with Gasteiger partial charge in [0.15, 0.2) is 0 Å². The fourth-order valence-corrected chi connectivity index (χ4v) is 2.03. The number of thiophene rings is 1. The number of hydrogen-bond acceptors (Lipinski definition) is 2. The van der Waals surface area contributed by atoms with E-state index in [9.17, 15) is 4.79 Å². The van der Waals surface area contributed by atoms with Gasteiger partial charge in [0.25, 0.3) is 5.91 Å². The number of nitrogens with zero attached hydrogens (tertiary/aromatic N) is 1. The molecule has 14 heavy (non-hydrogen) atoms. The highest BCUT2D eigenvalue weighted by Crippen LogP contribution is 2.22. The Kier molecular flexibility index (Phi) is 3.99. The normalized spacial score (nSPS) is 9.50. The zero-order valence-electron chi connectivity index (χ0n) is 7.79. The molecule has 0 spiro atoms. The molecule has 1 aromatic rings. The van der Waals surface area contributed by atoms with E-state index in [0.29, 0.717) is 22.3 Å². The first-order valence-electron chi connectivity index (χ1n) is 4.17. The highest BCUT2D eigenvalue weighted by molar-refractivity contribution is 7.17. The summed E-state index contributed by atoms with van der Waals surface area (Å²) in [6, 6.07) is 3.43. The van der Waals surface area contributed by atoms with Crippen molar-refractivity contribution in [3.8, 4) is 12.3 Å². The van der Waals surface area contributed by atoms with Gasteiger partial charge in [-0.05, 0) is 19.1 Å². The highest BCUT2D eigenvalue weighted by atomic mass is 35.5. The largest absolute Gasteiger partial charge is 0.327 e. The topological polar surface area (TPSA) is 20.3 Å². The molecule has 0 aromatic carbocycles. The van der Waals surface area contributed by atoms with Crippen LogP contribution >= 0.6 is 22.9 Å². The Morgan fingerprint density at radius 2 is 2.43 bits per heavy atom. The predicted molar refractivity (Wildman–Crippen MR) is 59.7 cm³/mol. The lowest BCUT2D eigenvalue weighted by Crippen LogP contribution is -2.30. The second-order valence-corrected chi connectivity index (χ2v) is 4.34. The minimum Gasteiger partial charge on any atom is -0.327 e. The van der Waals surface area contributed by atoms with E-state index in [1.165, 1.54) is 11.3 Å². The van der Waals surface area contributed by atoms with E-state index in [-0.39, 0.29) is 5.91 Å².